The number of carbonyl (C=O) groups is 5. The van der Waals surface area contributed by atoms with Crippen LogP contribution < -0.4 is 10.6 Å². The van der Waals surface area contributed by atoms with E-state index in [1.54, 1.807) is 49.3 Å². The van der Waals surface area contributed by atoms with E-state index < -0.39 is 70.2 Å². The molecule has 0 heterocycles. The Hall–Kier alpha value is -4.22. The van der Waals surface area contributed by atoms with Gasteiger partial charge < -0.3 is 20.8 Å². The van der Waals surface area contributed by atoms with E-state index in [4.69, 9.17) is 5.73 Å². The molecule has 0 bridgehead atoms. The van der Waals surface area contributed by atoms with Crippen LogP contribution in [0, 0.1) is 29.5 Å². The van der Waals surface area contributed by atoms with Crippen molar-refractivity contribution in [3.05, 3.63) is 58.4 Å². The van der Waals surface area contributed by atoms with Gasteiger partial charge in [-0.05, 0) is 62.2 Å². The van der Waals surface area contributed by atoms with Crippen molar-refractivity contribution in [1.29, 1.82) is 0 Å². The fraction of sp³-hybridized carbons (Fsp3) is 0.387. The second kappa shape index (κ2) is 10.2. The van der Waals surface area contributed by atoms with Gasteiger partial charge in [-0.15, -0.1) is 0 Å². The summed E-state index contributed by atoms with van der Waals surface area (Å²) in [7, 11) is 6.62. The Balaban J connectivity index is 1.63. The molecule has 6 atom stereocenters. The number of aromatic hydroxyl groups is 1. The fourth-order valence-electron chi connectivity index (χ4n) is 6.96. The van der Waals surface area contributed by atoms with E-state index in [0.29, 0.717) is 16.8 Å². The van der Waals surface area contributed by atoms with Crippen LogP contribution in [0.5, 0.6) is 5.75 Å². The van der Waals surface area contributed by atoms with E-state index in [2.05, 4.69) is 0 Å². The summed E-state index contributed by atoms with van der Waals surface area (Å²) < 4.78 is 13.3. The Bertz CT molecular complexity index is 1570. The summed E-state index contributed by atoms with van der Waals surface area (Å²) in [6, 6.07) is 6.22. The predicted octanol–water partition coefficient (Wildman–Crippen LogP) is 1.24. The third kappa shape index (κ3) is 4.26. The topological polar surface area (TPSA) is 158 Å². The third-order valence-electron chi connectivity index (χ3n) is 8.87. The normalized spacial score (nSPS) is 29.0. The van der Waals surface area contributed by atoms with Crippen LogP contribution in [0.3, 0.4) is 0 Å². The van der Waals surface area contributed by atoms with Crippen LogP contribution in [-0.4, -0.2) is 84.0 Å². The summed E-state index contributed by atoms with van der Waals surface area (Å²) in [5.74, 6) is -11.4. The van der Waals surface area contributed by atoms with Gasteiger partial charge in [0.1, 0.15) is 11.6 Å². The first-order valence-electron chi connectivity index (χ1n) is 13.5. The Morgan fingerprint density at radius 2 is 1.69 bits per heavy atom. The molecule has 2 saturated carbocycles. The minimum atomic E-state index is -2.78. The molecule has 220 valence electrons. The largest absolute Gasteiger partial charge is 0.507 e. The van der Waals surface area contributed by atoms with E-state index in [1.165, 1.54) is 31.1 Å². The lowest BCUT2D eigenvalue weighted by molar-refractivity contribution is -0.181. The minimum Gasteiger partial charge on any atom is -0.507 e. The van der Waals surface area contributed by atoms with Crippen LogP contribution in [-0.2, 0) is 25.6 Å². The Kier molecular flexibility index (Phi) is 7.14. The number of carbonyl (C=O) groups excluding carboxylic acids is 5. The number of nitrogens with two attached hydrogens (primary N) is 1. The number of ketones is 4. The second-order valence-corrected chi connectivity index (χ2v) is 11.8. The van der Waals surface area contributed by atoms with Gasteiger partial charge >= 0.3 is 0 Å². The monoisotopic (exact) mass is 577 g/mol. The lowest BCUT2D eigenvalue weighted by atomic mass is 9.52. The van der Waals surface area contributed by atoms with Crippen molar-refractivity contribution in [2.45, 2.75) is 24.5 Å². The van der Waals surface area contributed by atoms with Crippen LogP contribution in [0.4, 0.5) is 10.1 Å². The number of benzene rings is 2. The van der Waals surface area contributed by atoms with Gasteiger partial charge in [-0.3, -0.25) is 28.9 Å². The molecule has 2 unspecified atom stereocenters. The standard InChI is InChI=1S/C31H32FN3O7/c1-34(2)20-13-15(8-5-14-6-9-17(32)10-7-14)25(36)22-18(20)11-16-12-19-24(35(3)4)27(38)23(30(33)41)29(40)31(19,42)28(39)21(16)26(22)37/h5-10,13,16,19,21,23-24,36,42H,11-12H2,1-4H3,(H2,33,41)/t16-,19-,21?,23?,24-,31-/m0/s1. The summed E-state index contributed by atoms with van der Waals surface area (Å²) in [5.41, 5.74) is 4.54. The lowest BCUT2D eigenvalue weighted by Crippen LogP contribution is -2.74. The summed E-state index contributed by atoms with van der Waals surface area (Å²) in [5, 5.41) is 23.1. The predicted molar refractivity (Wildman–Crippen MR) is 151 cm³/mol. The molecule has 11 heteroatoms. The number of hydrogen-bond donors (Lipinski definition) is 3. The summed E-state index contributed by atoms with van der Waals surface area (Å²) in [4.78, 5) is 70.2. The van der Waals surface area contributed by atoms with Crippen LogP contribution in [0.25, 0.3) is 12.2 Å². The molecule has 2 aromatic carbocycles. The third-order valence-corrected chi connectivity index (χ3v) is 8.87. The average Bonchev–Trinajstić information content (AvgIpc) is 2.90. The SMILES string of the molecule is CN(C)c1cc(C=Cc2ccc(F)cc2)c(O)c2c1C[C@H]1C[C@H]3[C@H](N(C)C)C(=O)C(C(N)=O)C(=O)[C@@]3(O)C(=O)C1C2=O. The maximum atomic E-state index is 14.1. The molecule has 0 aromatic heterocycles. The number of anilines is 1. The van der Waals surface area contributed by atoms with Crippen LogP contribution in [0.15, 0.2) is 30.3 Å². The maximum Gasteiger partial charge on any atom is 0.235 e. The fourth-order valence-corrected chi connectivity index (χ4v) is 6.96. The van der Waals surface area contributed by atoms with Gasteiger partial charge in [0.05, 0.1) is 17.5 Å². The molecule has 3 aliphatic carbocycles. The number of Topliss-reactive ketones (excluding diaryl/α,β-unsaturated/α-hetero) is 4. The molecule has 0 spiro atoms. The maximum absolute atomic E-state index is 14.1. The Morgan fingerprint density at radius 1 is 1.05 bits per heavy atom. The average molecular weight is 578 g/mol. The molecule has 42 heavy (non-hydrogen) atoms. The number of primary amides is 1. The highest BCUT2D eigenvalue weighted by Crippen LogP contribution is 2.52. The van der Waals surface area contributed by atoms with Crippen molar-refractivity contribution in [3.8, 4) is 5.75 Å². The van der Waals surface area contributed by atoms with E-state index in [0.717, 1.165) is 0 Å². The number of aliphatic hydroxyl groups is 1. The van der Waals surface area contributed by atoms with Gasteiger partial charge in [-0.1, -0.05) is 24.3 Å². The lowest BCUT2D eigenvalue weighted by Gasteiger charge is -2.52. The number of likely N-dealkylation sites (N-methyl/N-ethyl adjacent to an activating group) is 1. The van der Waals surface area contributed by atoms with Crippen LogP contribution >= 0.6 is 0 Å². The van der Waals surface area contributed by atoms with Gasteiger partial charge in [0.25, 0.3) is 0 Å². The summed E-state index contributed by atoms with van der Waals surface area (Å²) in [6.45, 7) is 0. The highest BCUT2D eigenvalue weighted by molar-refractivity contribution is 6.32. The van der Waals surface area contributed by atoms with Crippen LogP contribution in [0.2, 0.25) is 0 Å². The molecule has 0 aliphatic heterocycles. The number of nitrogens with zero attached hydrogens (tertiary/aromatic N) is 2. The first-order valence-corrected chi connectivity index (χ1v) is 13.5. The number of halogens is 1. The van der Waals surface area contributed by atoms with E-state index in [9.17, 15) is 38.6 Å². The number of phenolic OH excluding ortho intramolecular Hbond substituents is 1. The molecule has 0 radical (unpaired) electrons. The van der Waals surface area contributed by atoms with Crippen LogP contribution in [0.1, 0.15) is 33.5 Å². The number of hydrogen-bond acceptors (Lipinski definition) is 9. The molecule has 1 amide bonds. The molecule has 3 aliphatic rings. The van der Waals surface area contributed by atoms with Crippen molar-refractivity contribution >= 4 is 46.9 Å². The molecule has 4 N–H and O–H groups in total. The highest BCUT2D eigenvalue weighted by Gasteiger charge is 2.69. The minimum absolute atomic E-state index is 0.0241. The van der Waals surface area contributed by atoms with Crippen molar-refractivity contribution in [1.82, 2.24) is 4.90 Å². The second-order valence-electron chi connectivity index (χ2n) is 11.8. The van der Waals surface area contributed by atoms with E-state index in [1.807, 2.05) is 0 Å². The molecule has 0 saturated heterocycles. The highest BCUT2D eigenvalue weighted by atomic mass is 19.1. The summed E-state index contributed by atoms with van der Waals surface area (Å²) in [6.07, 6.45) is 3.34. The zero-order valence-corrected chi connectivity index (χ0v) is 23.6. The zero-order chi connectivity index (χ0) is 30.8. The van der Waals surface area contributed by atoms with Crippen molar-refractivity contribution in [3.63, 3.8) is 0 Å². The molecule has 2 fully saturated rings. The van der Waals surface area contributed by atoms with Gasteiger partial charge in [-0.25, -0.2) is 4.39 Å². The molecule has 5 rings (SSSR count). The first kappa shape index (κ1) is 29.3. The van der Waals surface area contributed by atoms with Crippen molar-refractivity contribution in [2.75, 3.05) is 33.1 Å². The first-order chi connectivity index (χ1) is 19.7. The quantitative estimate of drug-likeness (QED) is 0.351. The van der Waals surface area contributed by atoms with Gasteiger partial charge in [0, 0.05) is 31.3 Å². The van der Waals surface area contributed by atoms with E-state index in [-0.39, 0.29) is 29.7 Å². The Labute approximate surface area is 241 Å². The summed E-state index contributed by atoms with van der Waals surface area (Å²) >= 11 is 0. The van der Waals surface area contributed by atoms with Gasteiger partial charge in [0.2, 0.25) is 5.91 Å². The van der Waals surface area contributed by atoms with Gasteiger partial charge in [-0.2, -0.15) is 0 Å². The Morgan fingerprint density at radius 3 is 2.26 bits per heavy atom. The van der Waals surface area contributed by atoms with Crippen molar-refractivity contribution in [2.24, 2.45) is 29.4 Å². The number of rotatable bonds is 5. The van der Waals surface area contributed by atoms with Gasteiger partial charge in [0.15, 0.2) is 34.7 Å². The van der Waals surface area contributed by atoms with E-state index >= 15 is 0 Å². The molecule has 10 nitrogen and oxygen atoms in total. The number of amides is 1. The number of fused-ring (bicyclic) bond motifs is 3. The van der Waals surface area contributed by atoms with Crippen molar-refractivity contribution < 1.29 is 38.6 Å². The molecule has 2 aromatic rings. The smallest absolute Gasteiger partial charge is 0.235 e. The molecular formula is C31H32FN3O7. The molecular weight excluding hydrogens is 545 g/mol. The number of phenols is 1. The zero-order valence-electron chi connectivity index (χ0n) is 23.6.